The van der Waals surface area contributed by atoms with E-state index in [0.29, 0.717) is 5.56 Å². The van der Waals surface area contributed by atoms with E-state index in [-0.39, 0.29) is 30.4 Å². The molecule has 0 aromatic heterocycles. The van der Waals surface area contributed by atoms with E-state index in [0.717, 1.165) is 29.7 Å². The predicted octanol–water partition coefficient (Wildman–Crippen LogP) is 2.60. The van der Waals surface area contributed by atoms with Gasteiger partial charge < -0.3 is 10.4 Å². The molecule has 0 radical (unpaired) electrons. The Kier molecular flexibility index (Phi) is 5.16. The summed E-state index contributed by atoms with van der Waals surface area (Å²) in [5.74, 6) is -0.391. The second-order valence-corrected chi connectivity index (χ2v) is 6.72. The average molecular weight is 342 g/mol. The van der Waals surface area contributed by atoms with Gasteiger partial charge in [-0.05, 0) is 61.3 Å². The number of amides is 1. The van der Waals surface area contributed by atoms with Gasteiger partial charge >= 0.3 is 0 Å². The summed E-state index contributed by atoms with van der Waals surface area (Å²) in [5.41, 5.74) is 3.22. The van der Waals surface area contributed by atoms with Crippen molar-refractivity contribution < 1.29 is 14.3 Å². The Morgan fingerprint density at radius 3 is 2.80 bits per heavy atom. The molecule has 1 heterocycles. The molecule has 5 heteroatoms. The van der Waals surface area contributed by atoms with Crippen molar-refractivity contribution in [2.24, 2.45) is 0 Å². The lowest BCUT2D eigenvalue weighted by molar-refractivity contribution is 0.0938. The largest absolute Gasteiger partial charge is 0.395 e. The highest BCUT2D eigenvalue weighted by Crippen LogP contribution is 2.25. The third kappa shape index (κ3) is 3.89. The van der Waals surface area contributed by atoms with Crippen LogP contribution in [0.5, 0.6) is 0 Å². The molecule has 1 aliphatic heterocycles. The van der Waals surface area contributed by atoms with E-state index in [1.54, 1.807) is 12.1 Å². The van der Waals surface area contributed by atoms with Gasteiger partial charge in [0.2, 0.25) is 0 Å². The number of aliphatic hydroxyl groups excluding tert-OH is 1. The molecule has 0 unspecified atom stereocenters. The van der Waals surface area contributed by atoms with Crippen molar-refractivity contribution in [1.29, 1.82) is 0 Å². The van der Waals surface area contributed by atoms with Gasteiger partial charge in [-0.15, -0.1) is 0 Å². The second-order valence-electron chi connectivity index (χ2n) is 6.72. The minimum Gasteiger partial charge on any atom is -0.395 e. The predicted molar refractivity (Wildman–Crippen MR) is 95.9 cm³/mol. The van der Waals surface area contributed by atoms with Crippen molar-refractivity contribution in [3.8, 4) is 11.1 Å². The topological polar surface area (TPSA) is 52.6 Å². The van der Waals surface area contributed by atoms with Crippen LogP contribution >= 0.6 is 0 Å². The number of halogens is 1. The maximum Gasteiger partial charge on any atom is 0.251 e. The van der Waals surface area contributed by atoms with Gasteiger partial charge in [0, 0.05) is 24.2 Å². The zero-order chi connectivity index (χ0) is 18.0. The molecule has 1 fully saturated rings. The number of nitrogens with zero attached hydrogens (tertiary/aromatic N) is 1. The summed E-state index contributed by atoms with van der Waals surface area (Å²) in [5, 5.41) is 12.4. The number of likely N-dealkylation sites (tertiary alicyclic amines) is 1. The first kappa shape index (κ1) is 17.6. The molecule has 0 bridgehead atoms. The standard InChI is InChI=1S/C20H23FN2O2/c1-13-8-16(21)6-7-19(13)14-4-3-5-15(9-14)20(25)22-17-10-18(12-24)23(2)11-17/h3-9,17-18,24H,10-12H2,1-2H3,(H,22,25)/t17-,18+/m1/s1. The van der Waals surface area contributed by atoms with Crippen LogP contribution in [-0.2, 0) is 0 Å². The first-order valence-electron chi connectivity index (χ1n) is 8.46. The minimum absolute atomic E-state index is 0.0332. The third-order valence-corrected chi connectivity index (χ3v) is 4.86. The van der Waals surface area contributed by atoms with Crippen molar-refractivity contribution in [1.82, 2.24) is 10.2 Å². The number of carbonyl (C=O) groups is 1. The van der Waals surface area contributed by atoms with Crippen LogP contribution in [0.1, 0.15) is 22.3 Å². The number of rotatable bonds is 4. The summed E-state index contributed by atoms with van der Waals surface area (Å²) in [6.45, 7) is 2.68. The van der Waals surface area contributed by atoms with E-state index in [2.05, 4.69) is 10.2 Å². The zero-order valence-electron chi connectivity index (χ0n) is 14.5. The van der Waals surface area contributed by atoms with Crippen molar-refractivity contribution >= 4 is 5.91 Å². The zero-order valence-corrected chi connectivity index (χ0v) is 14.5. The molecular weight excluding hydrogens is 319 g/mol. The van der Waals surface area contributed by atoms with Gasteiger partial charge in [0.15, 0.2) is 0 Å². The summed E-state index contributed by atoms with van der Waals surface area (Å²) < 4.78 is 13.3. The normalized spacial score (nSPS) is 20.6. The molecule has 3 rings (SSSR count). The van der Waals surface area contributed by atoms with Crippen LogP contribution in [0.4, 0.5) is 4.39 Å². The number of aryl methyl sites for hydroxylation is 1. The summed E-state index contributed by atoms with van der Waals surface area (Å²) in [6, 6.07) is 12.2. The lowest BCUT2D eigenvalue weighted by atomic mass is 9.98. The smallest absolute Gasteiger partial charge is 0.251 e. The number of hydrogen-bond acceptors (Lipinski definition) is 3. The lowest BCUT2D eigenvalue weighted by Crippen LogP contribution is -2.36. The van der Waals surface area contributed by atoms with Crippen molar-refractivity contribution in [3.63, 3.8) is 0 Å². The molecule has 132 valence electrons. The van der Waals surface area contributed by atoms with Gasteiger partial charge in [0.1, 0.15) is 5.82 Å². The summed E-state index contributed by atoms with van der Waals surface area (Å²) in [7, 11) is 1.95. The van der Waals surface area contributed by atoms with Gasteiger partial charge in [0.25, 0.3) is 5.91 Å². The van der Waals surface area contributed by atoms with Gasteiger partial charge in [-0.1, -0.05) is 18.2 Å². The molecule has 0 aliphatic carbocycles. The summed E-state index contributed by atoms with van der Waals surface area (Å²) in [6.07, 6.45) is 0.746. The van der Waals surface area contributed by atoms with Gasteiger partial charge in [0.05, 0.1) is 6.61 Å². The molecule has 2 aromatic rings. The van der Waals surface area contributed by atoms with E-state index in [4.69, 9.17) is 0 Å². The first-order chi connectivity index (χ1) is 12.0. The summed E-state index contributed by atoms with van der Waals surface area (Å²) in [4.78, 5) is 14.6. The molecule has 0 spiro atoms. The monoisotopic (exact) mass is 342 g/mol. The van der Waals surface area contributed by atoms with Crippen LogP contribution in [0, 0.1) is 12.7 Å². The minimum atomic E-state index is -0.265. The Bertz CT molecular complexity index is 778. The Morgan fingerprint density at radius 1 is 1.32 bits per heavy atom. The van der Waals surface area contributed by atoms with Crippen LogP contribution < -0.4 is 5.32 Å². The fourth-order valence-electron chi connectivity index (χ4n) is 3.45. The molecule has 2 atom stereocenters. The number of hydrogen-bond donors (Lipinski definition) is 2. The number of likely N-dealkylation sites (N-methyl/N-ethyl adjacent to an activating group) is 1. The number of nitrogens with one attached hydrogen (secondary N) is 1. The van der Waals surface area contributed by atoms with E-state index in [1.807, 2.05) is 32.2 Å². The highest BCUT2D eigenvalue weighted by Gasteiger charge is 2.29. The van der Waals surface area contributed by atoms with E-state index < -0.39 is 0 Å². The van der Waals surface area contributed by atoms with Crippen LogP contribution in [0.3, 0.4) is 0 Å². The van der Waals surface area contributed by atoms with Crippen molar-refractivity contribution in [2.45, 2.75) is 25.4 Å². The van der Waals surface area contributed by atoms with E-state index in [9.17, 15) is 14.3 Å². The molecule has 4 nitrogen and oxygen atoms in total. The maximum atomic E-state index is 13.3. The number of carbonyl (C=O) groups excluding carboxylic acids is 1. The molecule has 2 N–H and O–H groups in total. The molecule has 1 aliphatic rings. The van der Waals surface area contributed by atoms with Gasteiger partial charge in [-0.25, -0.2) is 4.39 Å². The number of aliphatic hydroxyl groups is 1. The maximum absolute atomic E-state index is 13.3. The molecule has 0 saturated carbocycles. The van der Waals surface area contributed by atoms with Crippen LogP contribution in [-0.4, -0.2) is 48.2 Å². The molecule has 1 amide bonds. The Hall–Kier alpha value is -2.24. The average Bonchev–Trinajstić information content (AvgIpc) is 2.94. The van der Waals surface area contributed by atoms with E-state index in [1.165, 1.54) is 12.1 Å². The first-order valence-corrected chi connectivity index (χ1v) is 8.46. The summed E-state index contributed by atoms with van der Waals surface area (Å²) >= 11 is 0. The van der Waals surface area contributed by atoms with Gasteiger partial charge in [-0.2, -0.15) is 0 Å². The van der Waals surface area contributed by atoms with Gasteiger partial charge in [-0.3, -0.25) is 9.69 Å². The Labute approximate surface area is 147 Å². The fourth-order valence-corrected chi connectivity index (χ4v) is 3.45. The molecule has 1 saturated heterocycles. The Balaban J connectivity index is 1.76. The number of benzene rings is 2. The van der Waals surface area contributed by atoms with Crippen molar-refractivity contribution in [2.75, 3.05) is 20.2 Å². The third-order valence-electron chi connectivity index (χ3n) is 4.86. The SMILES string of the molecule is Cc1cc(F)ccc1-c1cccc(C(=O)N[C@@H]2C[C@@H](CO)N(C)C2)c1. The van der Waals surface area contributed by atoms with Crippen LogP contribution in [0.25, 0.3) is 11.1 Å². The second kappa shape index (κ2) is 7.33. The highest BCUT2D eigenvalue weighted by atomic mass is 19.1. The molecular formula is C20H23FN2O2. The van der Waals surface area contributed by atoms with E-state index >= 15 is 0 Å². The van der Waals surface area contributed by atoms with Crippen LogP contribution in [0.2, 0.25) is 0 Å². The molecule has 25 heavy (non-hydrogen) atoms. The molecule has 2 aromatic carbocycles. The van der Waals surface area contributed by atoms with Crippen LogP contribution in [0.15, 0.2) is 42.5 Å². The van der Waals surface area contributed by atoms with Crippen molar-refractivity contribution in [3.05, 3.63) is 59.4 Å². The fraction of sp³-hybridized carbons (Fsp3) is 0.350. The lowest BCUT2D eigenvalue weighted by Gasteiger charge is -2.15. The quantitative estimate of drug-likeness (QED) is 0.898. The Morgan fingerprint density at radius 2 is 2.12 bits per heavy atom. The highest BCUT2D eigenvalue weighted by molar-refractivity contribution is 5.95.